The van der Waals surface area contributed by atoms with Gasteiger partial charge >= 0.3 is 0 Å². The van der Waals surface area contributed by atoms with Gasteiger partial charge in [0.2, 0.25) is 5.88 Å². The summed E-state index contributed by atoms with van der Waals surface area (Å²) in [6.45, 7) is 4.22. The number of hydrogen-bond acceptors (Lipinski definition) is 5. The molecule has 1 aliphatic rings. The van der Waals surface area contributed by atoms with Gasteiger partial charge in [0.25, 0.3) is 5.56 Å². The minimum atomic E-state index is -0.0969. The number of hydrogen-bond donors (Lipinski definition) is 0. The van der Waals surface area contributed by atoms with Gasteiger partial charge in [-0.15, -0.1) is 0 Å². The van der Waals surface area contributed by atoms with Crippen LogP contribution in [-0.2, 0) is 6.54 Å². The van der Waals surface area contributed by atoms with E-state index in [4.69, 9.17) is 10.00 Å². The quantitative estimate of drug-likeness (QED) is 0.761. The molecule has 0 unspecified atom stereocenters. The standard InChI is InChI=1S/C18H22N4O2/c1-24-17-14(13-19)12-15-16(20-17)6-11-22(18(15)23)10-5-4-9-21-7-2-3-8-21/h6,11-12H,2-5,7-10H2,1H3. The monoisotopic (exact) mass is 326 g/mol. The highest BCUT2D eigenvalue weighted by Gasteiger charge is 2.12. The number of aromatic nitrogens is 2. The van der Waals surface area contributed by atoms with Gasteiger partial charge < -0.3 is 14.2 Å². The van der Waals surface area contributed by atoms with Crippen LogP contribution in [0.1, 0.15) is 31.2 Å². The molecule has 1 saturated heterocycles. The summed E-state index contributed by atoms with van der Waals surface area (Å²) in [6, 6.07) is 5.41. The van der Waals surface area contributed by atoms with E-state index in [2.05, 4.69) is 9.88 Å². The Morgan fingerprint density at radius 2 is 2.04 bits per heavy atom. The van der Waals surface area contributed by atoms with Gasteiger partial charge in [0.05, 0.1) is 18.0 Å². The molecule has 0 saturated carbocycles. The maximum absolute atomic E-state index is 12.6. The highest BCUT2D eigenvalue weighted by Crippen LogP contribution is 2.19. The highest BCUT2D eigenvalue weighted by atomic mass is 16.5. The molecule has 1 fully saturated rings. The highest BCUT2D eigenvalue weighted by molar-refractivity contribution is 5.79. The summed E-state index contributed by atoms with van der Waals surface area (Å²) in [5.74, 6) is 0.257. The molecule has 0 bridgehead atoms. The third-order valence-corrected chi connectivity index (χ3v) is 4.56. The first-order chi connectivity index (χ1) is 11.7. The summed E-state index contributed by atoms with van der Waals surface area (Å²) in [5, 5.41) is 9.63. The molecule has 0 N–H and O–H groups in total. The van der Waals surface area contributed by atoms with Crippen molar-refractivity contribution in [1.29, 1.82) is 5.26 Å². The summed E-state index contributed by atoms with van der Waals surface area (Å²) < 4.78 is 6.81. The molecule has 0 atom stereocenters. The van der Waals surface area contributed by atoms with Crippen molar-refractivity contribution in [1.82, 2.24) is 14.5 Å². The maximum atomic E-state index is 12.6. The average Bonchev–Trinajstić information content (AvgIpc) is 3.12. The van der Waals surface area contributed by atoms with E-state index in [1.165, 1.54) is 33.0 Å². The van der Waals surface area contributed by atoms with Crippen LogP contribution in [0.5, 0.6) is 5.88 Å². The van der Waals surface area contributed by atoms with Crippen LogP contribution in [0.15, 0.2) is 23.1 Å². The van der Waals surface area contributed by atoms with E-state index < -0.39 is 0 Å². The van der Waals surface area contributed by atoms with E-state index in [0.29, 0.717) is 17.4 Å². The number of pyridine rings is 2. The number of nitriles is 1. The third kappa shape index (κ3) is 3.41. The lowest BCUT2D eigenvalue weighted by Crippen LogP contribution is -2.23. The van der Waals surface area contributed by atoms with Gasteiger partial charge in [-0.25, -0.2) is 4.98 Å². The molecule has 0 aromatic carbocycles. The minimum Gasteiger partial charge on any atom is -0.480 e. The molecule has 3 rings (SSSR count). The van der Waals surface area contributed by atoms with Crippen molar-refractivity contribution in [3.8, 4) is 11.9 Å². The minimum absolute atomic E-state index is 0.0969. The molecule has 126 valence electrons. The second-order valence-corrected chi connectivity index (χ2v) is 6.16. The number of methoxy groups -OCH3 is 1. The normalized spacial score (nSPS) is 14.8. The lowest BCUT2D eigenvalue weighted by atomic mass is 10.2. The Labute approximate surface area is 141 Å². The average molecular weight is 326 g/mol. The SMILES string of the molecule is COc1nc2ccn(CCCCN3CCCC3)c(=O)c2cc1C#N. The molecule has 0 amide bonds. The van der Waals surface area contributed by atoms with Crippen LogP contribution in [0, 0.1) is 11.3 Å². The molecule has 1 aliphatic heterocycles. The summed E-state index contributed by atoms with van der Waals surface area (Å²) in [7, 11) is 1.47. The lowest BCUT2D eigenvalue weighted by molar-refractivity contribution is 0.326. The molecule has 2 aromatic rings. The largest absolute Gasteiger partial charge is 0.480 e. The third-order valence-electron chi connectivity index (χ3n) is 4.56. The molecule has 0 aliphatic carbocycles. The van der Waals surface area contributed by atoms with Crippen molar-refractivity contribution < 1.29 is 4.74 Å². The smallest absolute Gasteiger partial charge is 0.260 e. The number of unbranched alkanes of at least 4 members (excludes halogenated alkanes) is 1. The molecule has 0 spiro atoms. The predicted octanol–water partition coefficient (Wildman–Crippen LogP) is 2.15. The molecule has 24 heavy (non-hydrogen) atoms. The first-order valence-electron chi connectivity index (χ1n) is 8.43. The second kappa shape index (κ2) is 7.45. The van der Waals surface area contributed by atoms with Crippen molar-refractivity contribution in [2.45, 2.75) is 32.2 Å². The summed E-state index contributed by atoms with van der Waals surface area (Å²) >= 11 is 0. The predicted molar refractivity (Wildman–Crippen MR) is 92.2 cm³/mol. The molecular weight excluding hydrogens is 304 g/mol. The van der Waals surface area contributed by atoms with Gasteiger partial charge in [-0.3, -0.25) is 4.79 Å². The zero-order chi connectivity index (χ0) is 16.9. The number of ether oxygens (including phenoxy) is 1. The lowest BCUT2D eigenvalue weighted by Gasteiger charge is -2.14. The first kappa shape index (κ1) is 16.5. The number of nitrogens with zero attached hydrogens (tertiary/aromatic N) is 4. The van der Waals surface area contributed by atoms with E-state index in [1.54, 1.807) is 22.9 Å². The van der Waals surface area contributed by atoms with Gasteiger partial charge in [0.1, 0.15) is 11.6 Å². The Kier molecular flexibility index (Phi) is 5.11. The fourth-order valence-electron chi connectivity index (χ4n) is 3.23. The zero-order valence-electron chi connectivity index (χ0n) is 14.0. The number of likely N-dealkylation sites (tertiary alicyclic amines) is 1. The van der Waals surface area contributed by atoms with E-state index >= 15 is 0 Å². The zero-order valence-corrected chi connectivity index (χ0v) is 14.0. The van der Waals surface area contributed by atoms with Gasteiger partial charge in [0.15, 0.2) is 0 Å². The van der Waals surface area contributed by atoms with E-state index in [1.807, 2.05) is 6.07 Å². The fraction of sp³-hybridized carbons (Fsp3) is 0.500. The summed E-state index contributed by atoms with van der Waals surface area (Å²) in [5.41, 5.74) is 0.748. The maximum Gasteiger partial charge on any atom is 0.260 e. The molecular formula is C18H22N4O2. The van der Waals surface area contributed by atoms with Crippen LogP contribution in [0.25, 0.3) is 10.9 Å². The van der Waals surface area contributed by atoms with Crippen molar-refractivity contribution >= 4 is 10.9 Å². The topological polar surface area (TPSA) is 71.2 Å². The molecule has 2 aromatic heterocycles. The molecule has 6 nitrogen and oxygen atoms in total. The Balaban J connectivity index is 1.73. The van der Waals surface area contributed by atoms with Crippen LogP contribution in [0.3, 0.4) is 0 Å². The number of aryl methyl sites for hydroxylation is 1. The van der Waals surface area contributed by atoms with E-state index in [0.717, 1.165) is 19.4 Å². The van der Waals surface area contributed by atoms with Gasteiger partial charge in [-0.05, 0) is 57.5 Å². The second-order valence-electron chi connectivity index (χ2n) is 6.16. The summed E-state index contributed by atoms with van der Waals surface area (Å²) in [6.07, 6.45) is 6.45. The van der Waals surface area contributed by atoms with E-state index in [-0.39, 0.29) is 17.0 Å². The summed E-state index contributed by atoms with van der Waals surface area (Å²) in [4.78, 5) is 19.3. The van der Waals surface area contributed by atoms with Gasteiger partial charge in [-0.2, -0.15) is 5.26 Å². The Hall–Kier alpha value is -2.39. The Morgan fingerprint density at radius 3 is 2.75 bits per heavy atom. The van der Waals surface area contributed by atoms with Gasteiger partial charge in [-0.1, -0.05) is 0 Å². The van der Waals surface area contributed by atoms with Crippen LogP contribution in [-0.4, -0.2) is 41.2 Å². The van der Waals surface area contributed by atoms with E-state index in [9.17, 15) is 4.79 Å². The Morgan fingerprint density at radius 1 is 1.29 bits per heavy atom. The van der Waals surface area contributed by atoms with Crippen molar-refractivity contribution in [3.63, 3.8) is 0 Å². The molecule has 6 heteroatoms. The molecule has 3 heterocycles. The van der Waals surface area contributed by atoms with Crippen LogP contribution in [0.4, 0.5) is 0 Å². The number of rotatable bonds is 6. The van der Waals surface area contributed by atoms with Crippen molar-refractivity contribution in [2.75, 3.05) is 26.7 Å². The van der Waals surface area contributed by atoms with Crippen molar-refractivity contribution in [3.05, 3.63) is 34.2 Å². The van der Waals surface area contributed by atoms with Gasteiger partial charge in [0, 0.05) is 12.7 Å². The first-order valence-corrected chi connectivity index (χ1v) is 8.43. The Bertz CT molecular complexity index is 816. The van der Waals surface area contributed by atoms with Crippen LogP contribution >= 0.6 is 0 Å². The van der Waals surface area contributed by atoms with Crippen LogP contribution in [0.2, 0.25) is 0 Å². The number of fused-ring (bicyclic) bond motifs is 1. The molecule has 0 radical (unpaired) electrons. The fourth-order valence-corrected chi connectivity index (χ4v) is 3.23. The van der Waals surface area contributed by atoms with Crippen molar-refractivity contribution in [2.24, 2.45) is 0 Å². The van der Waals surface area contributed by atoms with Crippen LogP contribution < -0.4 is 10.3 Å².